The van der Waals surface area contributed by atoms with Gasteiger partial charge in [-0.15, -0.1) is 0 Å². The zero-order valence-corrected chi connectivity index (χ0v) is 15.6. The summed E-state index contributed by atoms with van der Waals surface area (Å²) in [5.74, 6) is -0.0287. The Morgan fingerprint density at radius 1 is 1.22 bits per heavy atom. The summed E-state index contributed by atoms with van der Waals surface area (Å²) in [6.07, 6.45) is -0.702. The molecule has 2 aromatic rings. The quantitative estimate of drug-likeness (QED) is 0.814. The SMILES string of the molecule is CC(C)C1Oc2ccc(N)nc2N(C(C)C(=O)OCc2ccccc2)C1=O. The molecule has 2 heterocycles. The number of nitrogens with zero attached hydrogens (tertiary/aromatic N) is 2. The molecule has 142 valence electrons. The van der Waals surface area contributed by atoms with Gasteiger partial charge in [0.15, 0.2) is 17.7 Å². The first-order valence-corrected chi connectivity index (χ1v) is 8.85. The largest absolute Gasteiger partial charge is 0.476 e. The van der Waals surface area contributed by atoms with E-state index >= 15 is 0 Å². The lowest BCUT2D eigenvalue weighted by Crippen LogP contribution is -2.54. The summed E-state index contributed by atoms with van der Waals surface area (Å²) in [5.41, 5.74) is 6.64. The van der Waals surface area contributed by atoms with Gasteiger partial charge in [-0.3, -0.25) is 9.69 Å². The number of amides is 1. The highest BCUT2D eigenvalue weighted by molar-refractivity contribution is 6.03. The van der Waals surface area contributed by atoms with Crippen LogP contribution in [0.4, 0.5) is 11.6 Å². The van der Waals surface area contributed by atoms with Crippen molar-refractivity contribution in [2.24, 2.45) is 5.92 Å². The zero-order chi connectivity index (χ0) is 19.6. The lowest BCUT2D eigenvalue weighted by atomic mass is 10.0. The lowest BCUT2D eigenvalue weighted by Gasteiger charge is -2.37. The van der Waals surface area contributed by atoms with Crippen LogP contribution in [0.5, 0.6) is 5.75 Å². The van der Waals surface area contributed by atoms with Crippen LogP contribution < -0.4 is 15.4 Å². The monoisotopic (exact) mass is 369 g/mol. The van der Waals surface area contributed by atoms with E-state index in [0.29, 0.717) is 5.75 Å². The van der Waals surface area contributed by atoms with Gasteiger partial charge in [-0.2, -0.15) is 0 Å². The topological polar surface area (TPSA) is 94.8 Å². The number of nitrogen functional groups attached to an aromatic ring is 1. The van der Waals surface area contributed by atoms with Gasteiger partial charge >= 0.3 is 5.97 Å². The smallest absolute Gasteiger partial charge is 0.329 e. The molecule has 0 saturated heterocycles. The number of nitrogens with two attached hydrogens (primary N) is 1. The lowest BCUT2D eigenvalue weighted by molar-refractivity contribution is -0.148. The fraction of sp³-hybridized carbons (Fsp3) is 0.350. The predicted octanol–water partition coefficient (Wildman–Crippen LogP) is 2.55. The van der Waals surface area contributed by atoms with E-state index < -0.39 is 18.1 Å². The van der Waals surface area contributed by atoms with Gasteiger partial charge in [-0.25, -0.2) is 9.78 Å². The molecule has 1 aromatic heterocycles. The third-order valence-corrected chi connectivity index (χ3v) is 4.38. The van der Waals surface area contributed by atoms with E-state index in [1.165, 1.54) is 4.90 Å². The van der Waals surface area contributed by atoms with E-state index in [4.69, 9.17) is 15.2 Å². The van der Waals surface area contributed by atoms with Crippen molar-refractivity contribution in [1.82, 2.24) is 4.98 Å². The van der Waals surface area contributed by atoms with Crippen molar-refractivity contribution >= 4 is 23.5 Å². The van der Waals surface area contributed by atoms with E-state index in [9.17, 15) is 9.59 Å². The van der Waals surface area contributed by atoms with Gasteiger partial charge in [0, 0.05) is 0 Å². The molecule has 2 N–H and O–H groups in total. The molecule has 0 aliphatic carbocycles. The van der Waals surface area contributed by atoms with Crippen LogP contribution in [-0.2, 0) is 20.9 Å². The van der Waals surface area contributed by atoms with E-state index in [1.807, 2.05) is 44.2 Å². The van der Waals surface area contributed by atoms with Crippen molar-refractivity contribution in [3.05, 3.63) is 48.0 Å². The van der Waals surface area contributed by atoms with Crippen LogP contribution in [0.2, 0.25) is 0 Å². The number of hydrogen-bond donors (Lipinski definition) is 1. The molecule has 3 rings (SSSR count). The highest BCUT2D eigenvalue weighted by atomic mass is 16.5. The van der Waals surface area contributed by atoms with Crippen molar-refractivity contribution in [3.8, 4) is 5.75 Å². The Morgan fingerprint density at radius 2 is 1.93 bits per heavy atom. The van der Waals surface area contributed by atoms with Crippen LogP contribution in [0, 0.1) is 5.92 Å². The minimum Gasteiger partial charge on any atom is -0.476 e. The van der Waals surface area contributed by atoms with Crippen molar-refractivity contribution in [3.63, 3.8) is 0 Å². The fourth-order valence-electron chi connectivity index (χ4n) is 2.89. The number of carbonyl (C=O) groups excluding carboxylic acids is 2. The number of fused-ring (bicyclic) bond motifs is 1. The first-order chi connectivity index (χ1) is 12.9. The van der Waals surface area contributed by atoms with Gasteiger partial charge in [0.25, 0.3) is 5.91 Å². The van der Waals surface area contributed by atoms with Gasteiger partial charge < -0.3 is 15.2 Å². The molecule has 1 amide bonds. The third-order valence-electron chi connectivity index (χ3n) is 4.38. The first-order valence-electron chi connectivity index (χ1n) is 8.85. The number of aromatic nitrogens is 1. The second kappa shape index (κ2) is 7.65. The van der Waals surface area contributed by atoms with Gasteiger partial charge in [0.2, 0.25) is 0 Å². The number of esters is 1. The summed E-state index contributed by atoms with van der Waals surface area (Å²) in [6, 6.07) is 11.8. The molecule has 2 unspecified atom stereocenters. The van der Waals surface area contributed by atoms with Crippen LogP contribution in [0.25, 0.3) is 0 Å². The minimum atomic E-state index is -0.862. The number of benzene rings is 1. The second-order valence-corrected chi connectivity index (χ2v) is 6.82. The van der Waals surface area contributed by atoms with E-state index in [1.54, 1.807) is 19.1 Å². The van der Waals surface area contributed by atoms with Gasteiger partial charge in [0.05, 0.1) is 0 Å². The Kier molecular flexibility index (Phi) is 5.30. The Balaban J connectivity index is 1.85. The molecule has 0 bridgehead atoms. The summed E-state index contributed by atoms with van der Waals surface area (Å²) in [6.45, 7) is 5.51. The van der Waals surface area contributed by atoms with E-state index in [0.717, 1.165) is 5.56 Å². The van der Waals surface area contributed by atoms with Gasteiger partial charge in [-0.05, 0) is 30.5 Å². The maximum Gasteiger partial charge on any atom is 0.329 e. The van der Waals surface area contributed by atoms with Crippen LogP contribution in [0.3, 0.4) is 0 Å². The number of rotatable bonds is 5. The number of ether oxygens (including phenoxy) is 2. The van der Waals surface area contributed by atoms with Crippen LogP contribution >= 0.6 is 0 Å². The molecule has 0 fully saturated rings. The summed E-state index contributed by atoms with van der Waals surface area (Å²) in [4.78, 5) is 31.1. The van der Waals surface area contributed by atoms with Crippen LogP contribution in [-0.4, -0.2) is 29.0 Å². The molecule has 0 radical (unpaired) electrons. The second-order valence-electron chi connectivity index (χ2n) is 6.82. The summed E-state index contributed by atoms with van der Waals surface area (Å²) < 4.78 is 11.2. The maximum absolute atomic E-state index is 13.0. The first kappa shape index (κ1) is 18.7. The molecule has 7 nitrogen and oxygen atoms in total. The predicted molar refractivity (Wildman–Crippen MR) is 101 cm³/mol. The van der Waals surface area contributed by atoms with Crippen LogP contribution in [0.1, 0.15) is 26.3 Å². The zero-order valence-electron chi connectivity index (χ0n) is 15.6. The molecule has 0 spiro atoms. The van der Waals surface area contributed by atoms with Crippen molar-refractivity contribution in [2.45, 2.75) is 39.5 Å². The summed E-state index contributed by atoms with van der Waals surface area (Å²) in [5, 5.41) is 0. The molecule has 27 heavy (non-hydrogen) atoms. The summed E-state index contributed by atoms with van der Waals surface area (Å²) in [7, 11) is 0. The third kappa shape index (κ3) is 3.86. The fourth-order valence-corrected chi connectivity index (χ4v) is 2.89. The standard InChI is InChI=1S/C20H23N3O4/c1-12(2)17-19(24)23(18-15(27-17)9-10-16(21)22-18)13(3)20(25)26-11-14-7-5-4-6-8-14/h4-10,12-13,17H,11H2,1-3H3,(H2,21,22). The number of anilines is 2. The molecule has 1 aliphatic heterocycles. The Bertz CT molecular complexity index is 838. The molecular formula is C20H23N3O4. The Labute approximate surface area is 158 Å². The average molecular weight is 369 g/mol. The van der Waals surface area contributed by atoms with Crippen molar-refractivity contribution in [1.29, 1.82) is 0 Å². The minimum absolute atomic E-state index is 0.0711. The highest BCUT2D eigenvalue weighted by Gasteiger charge is 2.42. The normalized spacial score (nSPS) is 17.3. The average Bonchev–Trinajstić information content (AvgIpc) is 2.65. The van der Waals surface area contributed by atoms with Gasteiger partial charge in [-0.1, -0.05) is 44.2 Å². The molecule has 1 aliphatic rings. The molecular weight excluding hydrogens is 346 g/mol. The Hall–Kier alpha value is -3.09. The van der Waals surface area contributed by atoms with Crippen molar-refractivity contribution < 1.29 is 19.1 Å². The van der Waals surface area contributed by atoms with Gasteiger partial charge in [0.1, 0.15) is 18.5 Å². The Morgan fingerprint density at radius 3 is 2.59 bits per heavy atom. The van der Waals surface area contributed by atoms with Crippen molar-refractivity contribution in [2.75, 3.05) is 10.6 Å². The maximum atomic E-state index is 13.0. The number of hydrogen-bond acceptors (Lipinski definition) is 6. The molecule has 2 atom stereocenters. The molecule has 1 aromatic carbocycles. The number of carbonyl (C=O) groups is 2. The molecule has 0 saturated carbocycles. The highest BCUT2D eigenvalue weighted by Crippen LogP contribution is 2.36. The number of pyridine rings is 1. The van der Waals surface area contributed by atoms with E-state index in [-0.39, 0.29) is 30.1 Å². The van der Waals surface area contributed by atoms with E-state index in [2.05, 4.69) is 4.98 Å². The molecule has 7 heteroatoms. The summed E-state index contributed by atoms with van der Waals surface area (Å²) >= 11 is 0. The van der Waals surface area contributed by atoms with Crippen LogP contribution in [0.15, 0.2) is 42.5 Å².